The van der Waals surface area contributed by atoms with Crippen LogP contribution >= 0.6 is 22.6 Å². The molecule has 0 fully saturated rings. The molecule has 0 saturated heterocycles. The molecule has 0 aliphatic rings. The lowest BCUT2D eigenvalue weighted by molar-refractivity contribution is 0.0444. The van der Waals surface area contributed by atoms with Gasteiger partial charge in [0.2, 0.25) is 11.6 Å². The quantitative estimate of drug-likeness (QED) is 0.400. The van der Waals surface area contributed by atoms with Crippen LogP contribution < -0.4 is 0 Å². The Labute approximate surface area is 168 Å². The SMILES string of the molecule is O=C(OCc1ccccc1)c1nc(I)nc(C(=O)OCc2ccccc2)n1. The maximum absolute atomic E-state index is 12.2. The summed E-state index contributed by atoms with van der Waals surface area (Å²) in [6.45, 7) is 0.158. The van der Waals surface area contributed by atoms with Crippen molar-refractivity contribution in [2.45, 2.75) is 13.2 Å². The van der Waals surface area contributed by atoms with E-state index in [1.54, 1.807) is 22.6 Å². The predicted molar refractivity (Wildman–Crippen MR) is 104 cm³/mol. The van der Waals surface area contributed by atoms with Crippen molar-refractivity contribution < 1.29 is 19.1 Å². The van der Waals surface area contributed by atoms with Crippen molar-refractivity contribution >= 4 is 34.5 Å². The van der Waals surface area contributed by atoms with Crippen molar-refractivity contribution in [1.29, 1.82) is 0 Å². The first-order valence-corrected chi connectivity index (χ1v) is 9.03. The molecule has 0 aliphatic carbocycles. The van der Waals surface area contributed by atoms with Gasteiger partial charge in [0.05, 0.1) is 0 Å². The van der Waals surface area contributed by atoms with Crippen LogP contribution in [0.4, 0.5) is 0 Å². The zero-order chi connectivity index (χ0) is 19.1. The minimum absolute atomic E-state index is 0.0791. The Hall–Kier alpha value is -2.88. The third-order valence-electron chi connectivity index (χ3n) is 3.40. The van der Waals surface area contributed by atoms with Gasteiger partial charge in [-0.25, -0.2) is 9.59 Å². The fourth-order valence-electron chi connectivity index (χ4n) is 2.11. The van der Waals surface area contributed by atoms with Crippen LogP contribution in [-0.4, -0.2) is 26.9 Å². The lowest BCUT2D eigenvalue weighted by Gasteiger charge is -2.06. The van der Waals surface area contributed by atoms with E-state index in [4.69, 9.17) is 9.47 Å². The third kappa shape index (κ3) is 5.55. The van der Waals surface area contributed by atoms with Crippen molar-refractivity contribution in [2.24, 2.45) is 0 Å². The molecule has 7 nitrogen and oxygen atoms in total. The highest BCUT2D eigenvalue weighted by Crippen LogP contribution is 2.08. The van der Waals surface area contributed by atoms with E-state index in [9.17, 15) is 9.59 Å². The first-order valence-electron chi connectivity index (χ1n) is 7.95. The van der Waals surface area contributed by atoms with Gasteiger partial charge in [0.15, 0.2) is 3.83 Å². The van der Waals surface area contributed by atoms with Crippen LogP contribution in [0.2, 0.25) is 0 Å². The molecule has 27 heavy (non-hydrogen) atoms. The summed E-state index contributed by atoms with van der Waals surface area (Å²) in [4.78, 5) is 36.1. The lowest BCUT2D eigenvalue weighted by atomic mass is 10.2. The van der Waals surface area contributed by atoms with E-state index in [1.165, 1.54) is 0 Å². The van der Waals surface area contributed by atoms with Crippen molar-refractivity contribution in [3.63, 3.8) is 0 Å². The minimum atomic E-state index is -0.740. The topological polar surface area (TPSA) is 91.3 Å². The van der Waals surface area contributed by atoms with E-state index in [2.05, 4.69) is 15.0 Å². The Balaban J connectivity index is 1.66. The molecule has 3 aromatic rings. The highest BCUT2D eigenvalue weighted by Gasteiger charge is 2.19. The van der Waals surface area contributed by atoms with E-state index in [0.717, 1.165) is 11.1 Å². The Morgan fingerprint density at radius 2 is 1.11 bits per heavy atom. The van der Waals surface area contributed by atoms with Gasteiger partial charge in [0.1, 0.15) is 13.2 Å². The number of aromatic nitrogens is 3. The fourth-order valence-corrected chi connectivity index (χ4v) is 2.56. The second kappa shape index (κ2) is 9.17. The average molecular weight is 475 g/mol. The average Bonchev–Trinajstić information content (AvgIpc) is 2.71. The van der Waals surface area contributed by atoms with E-state index >= 15 is 0 Å². The standard InChI is InChI=1S/C19H14IN3O4/c20-19-22-15(17(24)26-11-13-7-3-1-4-8-13)21-16(23-19)18(25)27-12-14-9-5-2-6-10-14/h1-10H,11-12H2. The molecule has 8 heteroatoms. The second-order valence-corrected chi connectivity index (χ2v) is 6.34. The number of rotatable bonds is 6. The summed E-state index contributed by atoms with van der Waals surface area (Å²) in [5, 5.41) is 0. The highest BCUT2D eigenvalue weighted by molar-refractivity contribution is 14.1. The highest BCUT2D eigenvalue weighted by atomic mass is 127. The van der Waals surface area contributed by atoms with E-state index in [1.807, 2.05) is 60.7 Å². The van der Waals surface area contributed by atoms with Crippen LogP contribution in [0, 0.1) is 3.83 Å². The number of carbonyl (C=O) groups excluding carboxylic acids is 2. The van der Waals surface area contributed by atoms with Crippen LogP contribution in [0.1, 0.15) is 32.4 Å². The predicted octanol–water partition coefficient (Wildman–Crippen LogP) is 3.19. The van der Waals surface area contributed by atoms with E-state index in [0.29, 0.717) is 0 Å². The van der Waals surface area contributed by atoms with Crippen molar-refractivity contribution in [3.05, 3.63) is 87.3 Å². The van der Waals surface area contributed by atoms with Gasteiger partial charge in [0, 0.05) is 22.6 Å². The Bertz CT molecular complexity index is 862. The number of ether oxygens (including phenoxy) is 2. The van der Waals surface area contributed by atoms with Crippen LogP contribution in [-0.2, 0) is 22.7 Å². The van der Waals surface area contributed by atoms with E-state index in [-0.39, 0.29) is 28.7 Å². The molecule has 2 aromatic carbocycles. The van der Waals surface area contributed by atoms with Crippen molar-refractivity contribution in [3.8, 4) is 0 Å². The molecule has 3 rings (SSSR count). The molecular formula is C19H14IN3O4. The second-order valence-electron chi connectivity index (χ2n) is 5.38. The molecule has 1 heterocycles. The number of nitrogens with zero attached hydrogens (tertiary/aromatic N) is 3. The fraction of sp³-hybridized carbons (Fsp3) is 0.105. The smallest absolute Gasteiger partial charge is 0.376 e. The molecule has 0 bridgehead atoms. The van der Waals surface area contributed by atoms with Gasteiger partial charge in [0.25, 0.3) is 0 Å². The van der Waals surface area contributed by atoms with Crippen LogP contribution in [0.3, 0.4) is 0 Å². The number of halogens is 1. The summed E-state index contributed by atoms with van der Waals surface area (Å²) < 4.78 is 10.6. The number of hydrogen-bond donors (Lipinski definition) is 0. The number of benzene rings is 2. The largest absolute Gasteiger partial charge is 0.455 e. The zero-order valence-corrected chi connectivity index (χ0v) is 16.2. The van der Waals surface area contributed by atoms with Gasteiger partial charge in [-0.1, -0.05) is 60.7 Å². The normalized spacial score (nSPS) is 10.3. The summed E-state index contributed by atoms with van der Waals surface area (Å²) >= 11 is 1.80. The van der Waals surface area contributed by atoms with Gasteiger partial charge >= 0.3 is 11.9 Å². The molecule has 0 radical (unpaired) electrons. The van der Waals surface area contributed by atoms with Crippen LogP contribution in [0.25, 0.3) is 0 Å². The van der Waals surface area contributed by atoms with Crippen molar-refractivity contribution in [2.75, 3.05) is 0 Å². The van der Waals surface area contributed by atoms with Gasteiger partial charge < -0.3 is 9.47 Å². The molecule has 0 unspecified atom stereocenters. The molecular weight excluding hydrogens is 461 g/mol. The summed E-state index contributed by atoms with van der Waals surface area (Å²) in [5.41, 5.74) is 1.66. The molecule has 0 saturated carbocycles. The first-order chi connectivity index (χ1) is 13.1. The van der Waals surface area contributed by atoms with Crippen molar-refractivity contribution in [1.82, 2.24) is 15.0 Å². The minimum Gasteiger partial charge on any atom is -0.455 e. The number of hydrogen-bond acceptors (Lipinski definition) is 7. The summed E-state index contributed by atoms with van der Waals surface area (Å²) in [6.07, 6.45) is 0. The maximum atomic E-state index is 12.2. The van der Waals surface area contributed by atoms with Crippen LogP contribution in [0.15, 0.2) is 60.7 Å². The molecule has 136 valence electrons. The van der Waals surface area contributed by atoms with E-state index < -0.39 is 11.9 Å². The number of esters is 2. The van der Waals surface area contributed by atoms with Gasteiger partial charge in [-0.05, 0) is 11.1 Å². The summed E-state index contributed by atoms with van der Waals surface area (Å²) in [5.74, 6) is -1.96. The maximum Gasteiger partial charge on any atom is 0.376 e. The van der Waals surface area contributed by atoms with Gasteiger partial charge in [-0.15, -0.1) is 0 Å². The third-order valence-corrected chi connectivity index (χ3v) is 3.88. The summed E-state index contributed by atoms with van der Waals surface area (Å²) in [7, 11) is 0. The first kappa shape index (κ1) is 18.9. The Morgan fingerprint density at radius 1 is 0.704 bits per heavy atom. The monoisotopic (exact) mass is 475 g/mol. The van der Waals surface area contributed by atoms with Gasteiger partial charge in [-0.3, -0.25) is 0 Å². The van der Waals surface area contributed by atoms with Crippen LogP contribution in [0.5, 0.6) is 0 Å². The Morgan fingerprint density at radius 3 is 1.52 bits per heavy atom. The molecule has 0 spiro atoms. The molecule has 0 N–H and O–H groups in total. The summed E-state index contributed by atoms with van der Waals surface area (Å²) in [6, 6.07) is 18.4. The Kier molecular flexibility index (Phi) is 6.42. The zero-order valence-electron chi connectivity index (χ0n) is 14.0. The van der Waals surface area contributed by atoms with Gasteiger partial charge in [-0.2, -0.15) is 15.0 Å². The molecule has 0 amide bonds. The molecule has 1 aromatic heterocycles. The molecule has 0 atom stereocenters. The molecule has 0 aliphatic heterocycles. The number of carbonyl (C=O) groups is 2. The lowest BCUT2D eigenvalue weighted by Crippen LogP contribution is -2.18.